The van der Waals surface area contributed by atoms with Gasteiger partial charge in [0.25, 0.3) is 0 Å². The van der Waals surface area contributed by atoms with E-state index in [1.807, 2.05) is 44.4 Å². The van der Waals surface area contributed by atoms with Gasteiger partial charge in [0.05, 0.1) is 0 Å². The molecule has 2 aromatic rings. The van der Waals surface area contributed by atoms with E-state index in [9.17, 15) is 3.87 Å². The average Bonchev–Trinajstić information content (AvgIpc) is 2.37. The predicted molar refractivity (Wildman–Crippen MR) is 78.8 cm³/mol. The van der Waals surface area contributed by atoms with Gasteiger partial charge in [-0.15, -0.1) is 0 Å². The fourth-order valence-corrected chi connectivity index (χ4v) is 4.47. The predicted octanol–water partition coefficient (Wildman–Crippen LogP) is 3.25. The number of aryl methyl sites for hydroxylation is 3. The molecular formula is C16H18CoOS. The molecule has 19 heavy (non-hydrogen) atoms. The Morgan fingerprint density at radius 1 is 1.00 bits per heavy atom. The molecule has 3 heteroatoms. The Hall–Kier alpha value is -0.904. The maximum absolute atomic E-state index is 12.8. The number of benzene rings is 2. The van der Waals surface area contributed by atoms with Crippen molar-refractivity contribution in [3.8, 4) is 0 Å². The Morgan fingerprint density at radius 3 is 2.21 bits per heavy atom. The molecule has 103 valence electrons. The molecule has 0 saturated carbocycles. The van der Waals surface area contributed by atoms with Gasteiger partial charge in [-0.3, -0.25) is 0 Å². The Balaban J connectivity index is 2.50. The van der Waals surface area contributed by atoms with E-state index in [-0.39, 0.29) is 0 Å². The molecule has 0 atom stereocenters. The zero-order valence-corrected chi connectivity index (χ0v) is 13.5. The molecule has 0 aromatic heterocycles. The summed E-state index contributed by atoms with van der Waals surface area (Å²) in [5, 5.41) is 0. The Morgan fingerprint density at radius 2 is 1.63 bits per heavy atom. The molecule has 2 aromatic carbocycles. The van der Waals surface area contributed by atoms with Crippen molar-refractivity contribution in [3.63, 3.8) is 0 Å². The summed E-state index contributed by atoms with van der Waals surface area (Å²) in [5.74, 6) is 0. The van der Waals surface area contributed by atoms with Gasteiger partial charge in [0, 0.05) is 0 Å². The van der Waals surface area contributed by atoms with Gasteiger partial charge in [-0.1, -0.05) is 0 Å². The molecule has 0 amide bonds. The molecule has 0 spiro atoms. The third kappa shape index (κ3) is 3.16. The summed E-state index contributed by atoms with van der Waals surface area (Å²) in [6, 6.07) is 12.2. The Labute approximate surface area is 123 Å². The van der Waals surface area contributed by atoms with E-state index in [1.165, 1.54) is 5.56 Å². The SMILES string of the molecule is CSc1ccc[c]([Co](=[O])[c]2c(C)cc(C)cc2C)c1. The quantitative estimate of drug-likeness (QED) is 0.809. The van der Waals surface area contributed by atoms with E-state index >= 15 is 0 Å². The van der Waals surface area contributed by atoms with Crippen molar-refractivity contribution in [2.45, 2.75) is 25.7 Å². The maximum atomic E-state index is 12.8. The molecule has 0 radical (unpaired) electrons. The normalized spacial score (nSPS) is 11.5. The number of hydrogen-bond acceptors (Lipinski definition) is 2. The van der Waals surface area contributed by atoms with Crippen molar-refractivity contribution in [3.05, 3.63) is 53.1 Å². The van der Waals surface area contributed by atoms with Crippen LogP contribution in [0.5, 0.6) is 0 Å². The number of rotatable bonds is 3. The summed E-state index contributed by atoms with van der Waals surface area (Å²) in [7, 11) is 0. The third-order valence-corrected chi connectivity index (χ3v) is 5.78. The van der Waals surface area contributed by atoms with Crippen LogP contribution in [0.1, 0.15) is 16.7 Å². The molecule has 0 fully saturated rings. The first kappa shape index (κ1) is 14.5. The molecule has 1 nitrogen and oxygen atoms in total. The first-order valence-electron chi connectivity index (χ1n) is 6.06. The minimum atomic E-state index is -1.48. The number of thioether (sulfide) groups is 1. The summed E-state index contributed by atoms with van der Waals surface area (Å²) in [6.07, 6.45) is 2.04. The van der Waals surface area contributed by atoms with Crippen molar-refractivity contribution < 1.29 is 17.5 Å². The zero-order valence-electron chi connectivity index (χ0n) is 11.6. The monoisotopic (exact) mass is 317 g/mol. The van der Waals surface area contributed by atoms with Crippen LogP contribution < -0.4 is 9.00 Å². The van der Waals surface area contributed by atoms with Crippen LogP contribution in [-0.2, 0) is 17.5 Å². The van der Waals surface area contributed by atoms with Crippen LogP contribution in [0.25, 0.3) is 0 Å². The summed E-state index contributed by atoms with van der Waals surface area (Å²) in [6.45, 7) is 6.16. The standard InChI is InChI=1S/C9H11.C7H7S.Co.O/c1-7-4-8(2)6-9(3)5-7;1-8-7-5-3-2-4-6-7;;/h4-5H,1-3H3;2-3,5-6H,1H3;;. The summed E-state index contributed by atoms with van der Waals surface area (Å²) in [5.41, 5.74) is 3.46. The Bertz CT molecular complexity index is 611. The molecule has 0 aliphatic rings. The van der Waals surface area contributed by atoms with Gasteiger partial charge in [-0.2, -0.15) is 0 Å². The second kappa shape index (κ2) is 6.03. The minimum absolute atomic E-state index is 0.911. The molecule has 0 aliphatic heterocycles. The topological polar surface area (TPSA) is 17.1 Å². The number of hydrogen-bond donors (Lipinski definition) is 0. The molecule has 0 N–H and O–H groups in total. The van der Waals surface area contributed by atoms with E-state index < -0.39 is 13.6 Å². The fraction of sp³-hybridized carbons (Fsp3) is 0.250. The van der Waals surface area contributed by atoms with Gasteiger partial charge in [0.2, 0.25) is 0 Å². The van der Waals surface area contributed by atoms with Crippen molar-refractivity contribution >= 4 is 20.8 Å². The first-order valence-corrected chi connectivity index (χ1v) is 8.75. The van der Waals surface area contributed by atoms with E-state index in [0.717, 1.165) is 25.0 Å². The summed E-state index contributed by atoms with van der Waals surface area (Å²) < 4.78 is 14.7. The zero-order chi connectivity index (χ0) is 14.0. The van der Waals surface area contributed by atoms with Crippen LogP contribution in [0.15, 0.2) is 41.3 Å². The van der Waals surface area contributed by atoms with Crippen LogP contribution >= 0.6 is 11.8 Å². The average molecular weight is 317 g/mol. The molecule has 0 unspecified atom stereocenters. The van der Waals surface area contributed by atoms with Gasteiger partial charge in [-0.05, 0) is 0 Å². The molecular weight excluding hydrogens is 299 g/mol. The molecule has 0 heterocycles. The molecule has 0 saturated heterocycles. The third-order valence-electron chi connectivity index (χ3n) is 2.89. The van der Waals surface area contributed by atoms with Crippen LogP contribution in [0.2, 0.25) is 0 Å². The summed E-state index contributed by atoms with van der Waals surface area (Å²) >= 11 is 0.193. The molecule has 2 rings (SSSR count). The van der Waals surface area contributed by atoms with E-state index in [2.05, 4.69) is 19.1 Å². The van der Waals surface area contributed by atoms with Crippen LogP contribution in [0.4, 0.5) is 0 Å². The summed E-state index contributed by atoms with van der Waals surface area (Å²) in [4.78, 5) is 1.16. The fourth-order valence-electron chi connectivity index (χ4n) is 2.17. The second-order valence-corrected chi connectivity index (χ2v) is 7.23. The van der Waals surface area contributed by atoms with Crippen LogP contribution in [0.3, 0.4) is 0 Å². The second-order valence-electron chi connectivity index (χ2n) is 4.55. The first-order chi connectivity index (χ1) is 9.02. The van der Waals surface area contributed by atoms with Crippen molar-refractivity contribution in [2.24, 2.45) is 0 Å². The Kier molecular flexibility index (Phi) is 4.61. The molecule has 0 aliphatic carbocycles. The van der Waals surface area contributed by atoms with E-state index in [4.69, 9.17) is 0 Å². The van der Waals surface area contributed by atoms with Gasteiger partial charge in [0.15, 0.2) is 0 Å². The van der Waals surface area contributed by atoms with Crippen LogP contribution in [0, 0.1) is 20.8 Å². The van der Waals surface area contributed by atoms with Crippen molar-refractivity contribution in [1.82, 2.24) is 0 Å². The van der Waals surface area contributed by atoms with Crippen LogP contribution in [-0.4, -0.2) is 6.26 Å². The van der Waals surface area contributed by atoms with Gasteiger partial charge in [0.1, 0.15) is 0 Å². The van der Waals surface area contributed by atoms with Gasteiger partial charge in [-0.25, -0.2) is 0 Å². The molecule has 0 bridgehead atoms. The van der Waals surface area contributed by atoms with E-state index in [0.29, 0.717) is 0 Å². The van der Waals surface area contributed by atoms with Crippen molar-refractivity contribution in [2.75, 3.05) is 6.26 Å². The van der Waals surface area contributed by atoms with Gasteiger partial charge >= 0.3 is 123 Å². The van der Waals surface area contributed by atoms with Gasteiger partial charge < -0.3 is 0 Å². The van der Waals surface area contributed by atoms with Crippen molar-refractivity contribution in [1.29, 1.82) is 0 Å². The van der Waals surface area contributed by atoms with E-state index in [1.54, 1.807) is 11.8 Å².